The first kappa shape index (κ1) is 19.1. The van der Waals surface area contributed by atoms with Crippen molar-refractivity contribution in [1.29, 1.82) is 0 Å². The second-order valence-corrected chi connectivity index (χ2v) is 8.94. The maximum absolute atomic E-state index is 13.6. The Labute approximate surface area is 174 Å². The predicted octanol–water partition coefficient (Wildman–Crippen LogP) is 4.50. The number of nitrogens with zero attached hydrogens (tertiary/aromatic N) is 5. The fourth-order valence-electron chi connectivity index (χ4n) is 4.97. The van der Waals surface area contributed by atoms with E-state index in [1.807, 2.05) is 36.7 Å². The number of rotatable bonds is 3. The average Bonchev–Trinajstić information content (AvgIpc) is 3.39. The summed E-state index contributed by atoms with van der Waals surface area (Å²) >= 11 is 4.53. The van der Waals surface area contributed by atoms with Crippen molar-refractivity contribution < 1.29 is 8.78 Å². The summed E-state index contributed by atoms with van der Waals surface area (Å²) in [6.07, 6.45) is 11.8. The van der Waals surface area contributed by atoms with Gasteiger partial charge in [-0.25, -0.2) is 13.8 Å². The fourth-order valence-corrected chi connectivity index (χ4v) is 5.24. The number of fused-ring (bicyclic) bond motifs is 1. The first-order valence-electron chi connectivity index (χ1n) is 10.2. The van der Waals surface area contributed by atoms with Gasteiger partial charge in [-0.05, 0) is 43.2 Å². The van der Waals surface area contributed by atoms with E-state index in [9.17, 15) is 8.78 Å². The van der Waals surface area contributed by atoms with Crippen LogP contribution in [0.5, 0.6) is 0 Å². The molecule has 0 radical (unpaired) electrons. The molecule has 154 valence electrons. The van der Waals surface area contributed by atoms with E-state index in [0.29, 0.717) is 18.5 Å². The summed E-state index contributed by atoms with van der Waals surface area (Å²) in [5.74, 6) is -2.08. The van der Waals surface area contributed by atoms with Crippen LogP contribution in [-0.4, -0.2) is 48.7 Å². The van der Waals surface area contributed by atoms with Gasteiger partial charge in [-0.3, -0.25) is 13.6 Å². The van der Waals surface area contributed by atoms with E-state index in [2.05, 4.69) is 29.0 Å². The Bertz CT molecular complexity index is 1040. The van der Waals surface area contributed by atoms with Gasteiger partial charge in [0.2, 0.25) is 0 Å². The Morgan fingerprint density at radius 2 is 1.93 bits per heavy atom. The number of aromatic nitrogens is 4. The van der Waals surface area contributed by atoms with Crippen LogP contribution in [-0.2, 0) is 7.05 Å². The normalized spacial score (nSPS) is 25.1. The number of hydrogen-bond acceptors (Lipinski definition) is 4. The minimum atomic E-state index is -2.51. The molecule has 8 heteroatoms. The maximum atomic E-state index is 13.6. The van der Waals surface area contributed by atoms with Crippen LogP contribution in [0.2, 0.25) is 0 Å². The minimum absolute atomic E-state index is 0.00531. The number of halogens is 2. The summed E-state index contributed by atoms with van der Waals surface area (Å²) in [4.78, 5) is 6.67. The lowest BCUT2D eigenvalue weighted by Crippen LogP contribution is -2.37. The molecule has 0 unspecified atom stereocenters. The Kier molecular flexibility index (Phi) is 4.66. The van der Waals surface area contributed by atoms with Crippen molar-refractivity contribution in [3.8, 4) is 11.1 Å². The highest BCUT2D eigenvalue weighted by Crippen LogP contribution is 2.39. The van der Waals surface area contributed by atoms with Crippen molar-refractivity contribution in [3.05, 3.63) is 36.4 Å². The van der Waals surface area contributed by atoms with Crippen LogP contribution in [0.25, 0.3) is 22.2 Å². The molecule has 1 saturated heterocycles. The lowest BCUT2D eigenvalue weighted by molar-refractivity contribution is 0.00517. The van der Waals surface area contributed by atoms with Gasteiger partial charge < -0.3 is 0 Å². The van der Waals surface area contributed by atoms with Crippen molar-refractivity contribution in [2.75, 3.05) is 13.1 Å². The number of pyridine rings is 1. The molecule has 0 atom stereocenters. The van der Waals surface area contributed by atoms with Gasteiger partial charge >= 0.3 is 0 Å². The molecule has 1 aliphatic carbocycles. The van der Waals surface area contributed by atoms with Gasteiger partial charge in [-0.1, -0.05) is 12.8 Å². The van der Waals surface area contributed by atoms with Gasteiger partial charge in [0, 0.05) is 61.2 Å². The summed E-state index contributed by atoms with van der Waals surface area (Å²) in [5.41, 5.74) is 4.18. The number of aryl methyl sites for hydroxylation is 1. The largest absolute Gasteiger partial charge is 0.294 e. The first-order chi connectivity index (χ1) is 13.9. The van der Waals surface area contributed by atoms with Gasteiger partial charge in [-0.15, -0.1) is 0 Å². The van der Waals surface area contributed by atoms with Crippen molar-refractivity contribution in [2.45, 2.75) is 50.0 Å². The highest BCUT2D eigenvalue weighted by molar-refractivity contribution is 7.78. The second-order valence-electron chi connectivity index (χ2n) is 8.51. The molecule has 0 spiro atoms. The van der Waals surface area contributed by atoms with Gasteiger partial charge in [0.05, 0.1) is 12.7 Å². The third kappa shape index (κ3) is 3.57. The van der Waals surface area contributed by atoms with Crippen molar-refractivity contribution in [3.63, 3.8) is 0 Å². The number of thiol groups is 1. The first-order valence-corrected chi connectivity index (χ1v) is 10.6. The van der Waals surface area contributed by atoms with Crippen LogP contribution in [0.3, 0.4) is 0 Å². The van der Waals surface area contributed by atoms with Gasteiger partial charge in [0.15, 0.2) is 0 Å². The molecule has 5 nitrogen and oxygen atoms in total. The predicted molar refractivity (Wildman–Crippen MR) is 112 cm³/mol. The van der Waals surface area contributed by atoms with Crippen LogP contribution in [0.4, 0.5) is 8.78 Å². The van der Waals surface area contributed by atoms with Gasteiger partial charge in [0.25, 0.3) is 5.92 Å². The van der Waals surface area contributed by atoms with Crippen LogP contribution in [0, 0.1) is 0 Å². The molecular weight excluding hydrogens is 392 g/mol. The molecule has 1 aliphatic heterocycles. The Morgan fingerprint density at radius 3 is 2.59 bits per heavy atom. The van der Waals surface area contributed by atoms with Crippen LogP contribution in [0.1, 0.15) is 43.6 Å². The Hall–Kier alpha value is -1.93. The van der Waals surface area contributed by atoms with Gasteiger partial charge in [0.1, 0.15) is 5.65 Å². The molecule has 29 heavy (non-hydrogen) atoms. The molecular formula is C21H25F2N5S. The minimum Gasteiger partial charge on any atom is -0.294 e. The summed E-state index contributed by atoms with van der Waals surface area (Å²) in [7, 11) is 1.90. The highest BCUT2D eigenvalue weighted by atomic mass is 32.1. The van der Waals surface area contributed by atoms with E-state index in [4.69, 9.17) is 0 Å². The molecule has 0 bridgehead atoms. The molecule has 0 amide bonds. The molecule has 1 saturated carbocycles. The van der Waals surface area contributed by atoms with E-state index >= 15 is 0 Å². The van der Waals surface area contributed by atoms with Crippen molar-refractivity contribution in [1.82, 2.24) is 23.6 Å². The zero-order valence-corrected chi connectivity index (χ0v) is 17.3. The molecule has 3 aromatic heterocycles. The van der Waals surface area contributed by atoms with Crippen LogP contribution < -0.4 is 0 Å². The molecule has 0 N–H and O–H groups in total. The Balaban J connectivity index is 1.36. The topological polar surface area (TPSA) is 38.9 Å². The number of likely N-dealkylation sites (tertiary alicyclic amines) is 1. The summed E-state index contributed by atoms with van der Waals surface area (Å²) < 4.78 is 30.7. The fraction of sp³-hybridized carbons (Fsp3) is 0.524. The van der Waals surface area contributed by atoms with Crippen molar-refractivity contribution >= 4 is 23.8 Å². The van der Waals surface area contributed by atoms with Crippen molar-refractivity contribution in [2.24, 2.45) is 7.05 Å². The third-order valence-electron chi connectivity index (χ3n) is 6.55. The quantitative estimate of drug-likeness (QED) is 0.638. The zero-order chi connectivity index (χ0) is 20.2. The zero-order valence-electron chi connectivity index (χ0n) is 16.4. The molecule has 3 aromatic rings. The standard InChI is InChI=1S/C21H25F2N5S/c1-26-11-16(10-25-26)19-12-28(29)20-18(19)8-15(9-24-20)14-2-4-17(5-3-14)27-7-6-21(22,23)13-27/h8-12,14,17,29H,2-7,13H2,1H3. The van der Waals surface area contributed by atoms with E-state index in [1.54, 1.807) is 8.65 Å². The second kappa shape index (κ2) is 7.09. The molecule has 5 rings (SSSR count). The van der Waals surface area contributed by atoms with Crippen LogP contribution in [0.15, 0.2) is 30.9 Å². The molecule has 2 aliphatic rings. The average molecular weight is 418 g/mol. The smallest absolute Gasteiger partial charge is 0.261 e. The SMILES string of the molecule is Cn1cc(-c2cn(S)c3ncc(C4CCC(N5CCC(F)(F)C5)CC4)cc23)cn1. The Morgan fingerprint density at radius 1 is 1.14 bits per heavy atom. The van der Waals surface area contributed by atoms with E-state index in [-0.39, 0.29) is 13.0 Å². The summed E-state index contributed by atoms with van der Waals surface area (Å²) in [6, 6.07) is 2.52. The van der Waals surface area contributed by atoms with Crippen LogP contribution >= 0.6 is 12.8 Å². The van der Waals surface area contributed by atoms with E-state index < -0.39 is 5.92 Å². The monoisotopic (exact) mass is 417 g/mol. The lowest BCUT2D eigenvalue weighted by atomic mass is 9.81. The molecule has 2 fully saturated rings. The summed E-state index contributed by atoms with van der Waals surface area (Å²) in [6.45, 7) is 0.458. The number of hydrogen-bond donors (Lipinski definition) is 1. The number of alkyl halides is 2. The highest BCUT2D eigenvalue weighted by Gasteiger charge is 2.41. The van der Waals surface area contributed by atoms with E-state index in [1.165, 1.54) is 5.56 Å². The third-order valence-corrected chi connectivity index (χ3v) is 6.85. The maximum Gasteiger partial charge on any atom is 0.261 e. The molecule has 4 heterocycles. The lowest BCUT2D eigenvalue weighted by Gasteiger charge is -2.34. The van der Waals surface area contributed by atoms with Gasteiger partial charge in [-0.2, -0.15) is 5.10 Å². The summed E-state index contributed by atoms with van der Waals surface area (Å²) in [5, 5.41) is 5.36. The van der Waals surface area contributed by atoms with E-state index in [0.717, 1.165) is 47.8 Å². The molecule has 0 aromatic carbocycles.